The summed E-state index contributed by atoms with van der Waals surface area (Å²) in [7, 11) is 0. The highest BCUT2D eigenvalue weighted by molar-refractivity contribution is 7.98. The standard InChI is InChI=1S/C16H15F3N2O2S/c1-15(8-3-4-8)12(14(23)20-21-15)13(22)10-6-5-9(16(17,18)19)7-11(10)24-2/h5-8,22H,3-4H2,1-2H3. The minimum Gasteiger partial charge on any atom is -0.507 e. The first kappa shape index (κ1) is 17.0. The van der Waals surface area contributed by atoms with Crippen LogP contribution in [0.1, 0.15) is 30.9 Å². The Labute approximate surface area is 140 Å². The highest BCUT2D eigenvalue weighted by atomic mass is 32.2. The molecule has 1 aliphatic heterocycles. The van der Waals surface area contributed by atoms with Gasteiger partial charge in [0, 0.05) is 10.5 Å². The van der Waals surface area contributed by atoms with Gasteiger partial charge in [0.05, 0.1) is 11.1 Å². The van der Waals surface area contributed by atoms with E-state index < -0.39 is 23.2 Å². The summed E-state index contributed by atoms with van der Waals surface area (Å²) in [5, 5.41) is 18.2. The number of aliphatic hydroxyl groups excluding tert-OH is 1. The molecule has 3 rings (SSSR count). The zero-order chi connectivity index (χ0) is 17.7. The fourth-order valence-electron chi connectivity index (χ4n) is 2.94. The van der Waals surface area contributed by atoms with Gasteiger partial charge in [-0.15, -0.1) is 16.9 Å². The third kappa shape index (κ3) is 2.72. The zero-order valence-corrected chi connectivity index (χ0v) is 13.8. The number of azo groups is 1. The van der Waals surface area contributed by atoms with Crippen LogP contribution in [0, 0.1) is 5.92 Å². The van der Waals surface area contributed by atoms with Crippen molar-refractivity contribution in [2.45, 2.75) is 36.4 Å². The molecule has 0 saturated heterocycles. The van der Waals surface area contributed by atoms with Crippen molar-refractivity contribution in [1.29, 1.82) is 0 Å². The topological polar surface area (TPSA) is 62.0 Å². The van der Waals surface area contributed by atoms with E-state index in [9.17, 15) is 23.1 Å². The van der Waals surface area contributed by atoms with Gasteiger partial charge in [-0.2, -0.15) is 18.3 Å². The summed E-state index contributed by atoms with van der Waals surface area (Å²) in [5.41, 5.74) is -1.44. The molecule has 2 aliphatic rings. The Kier molecular flexibility index (Phi) is 3.98. The van der Waals surface area contributed by atoms with E-state index in [0.717, 1.165) is 36.7 Å². The van der Waals surface area contributed by atoms with Crippen LogP contribution < -0.4 is 0 Å². The van der Waals surface area contributed by atoms with Crippen LogP contribution in [0.3, 0.4) is 0 Å². The molecule has 0 bridgehead atoms. The normalized spacial score (nSPS) is 26.1. The number of aliphatic hydroxyl groups is 1. The maximum atomic E-state index is 12.9. The second kappa shape index (κ2) is 5.61. The Morgan fingerprint density at radius 3 is 2.58 bits per heavy atom. The van der Waals surface area contributed by atoms with E-state index in [1.165, 1.54) is 6.07 Å². The molecule has 128 valence electrons. The molecular weight excluding hydrogens is 341 g/mol. The Balaban J connectivity index is 2.12. The number of nitrogens with zero attached hydrogens (tertiary/aromatic N) is 2. The first-order chi connectivity index (χ1) is 11.2. The maximum absolute atomic E-state index is 12.9. The molecule has 8 heteroatoms. The quantitative estimate of drug-likeness (QED) is 0.478. The number of hydrogen-bond acceptors (Lipinski definition) is 4. The summed E-state index contributed by atoms with van der Waals surface area (Å²) in [5.74, 6) is -0.844. The summed E-state index contributed by atoms with van der Waals surface area (Å²) in [6.45, 7) is 1.73. The number of carbonyl (C=O) groups is 1. The Hall–Kier alpha value is -1.83. The van der Waals surface area contributed by atoms with E-state index in [1.807, 2.05) is 0 Å². The number of amides is 1. The van der Waals surface area contributed by atoms with Crippen molar-refractivity contribution >= 4 is 23.4 Å². The van der Waals surface area contributed by atoms with Crippen LogP contribution in [0.5, 0.6) is 0 Å². The van der Waals surface area contributed by atoms with Crippen LogP contribution in [-0.4, -0.2) is 22.8 Å². The summed E-state index contributed by atoms with van der Waals surface area (Å²) in [6.07, 6.45) is -1.10. The van der Waals surface area contributed by atoms with Gasteiger partial charge < -0.3 is 5.11 Å². The summed E-state index contributed by atoms with van der Waals surface area (Å²) in [6, 6.07) is 3.06. The second-order valence-corrected chi connectivity index (χ2v) is 6.91. The summed E-state index contributed by atoms with van der Waals surface area (Å²) < 4.78 is 38.6. The second-order valence-electron chi connectivity index (χ2n) is 6.06. The lowest BCUT2D eigenvalue weighted by atomic mass is 9.85. The lowest BCUT2D eigenvalue weighted by molar-refractivity contribution is -0.137. The van der Waals surface area contributed by atoms with Gasteiger partial charge in [0.15, 0.2) is 0 Å². The molecule has 0 radical (unpaired) electrons. The van der Waals surface area contributed by atoms with Gasteiger partial charge in [0.25, 0.3) is 5.91 Å². The molecule has 0 aromatic heterocycles. The minimum absolute atomic E-state index is 0.0695. The van der Waals surface area contributed by atoms with Gasteiger partial charge >= 0.3 is 6.18 Å². The Morgan fingerprint density at radius 2 is 2.04 bits per heavy atom. The lowest BCUT2D eigenvalue weighted by Gasteiger charge is -2.21. The number of alkyl halides is 3. The van der Waals surface area contributed by atoms with E-state index in [4.69, 9.17) is 0 Å². The molecule has 0 spiro atoms. The van der Waals surface area contributed by atoms with Crippen molar-refractivity contribution in [3.8, 4) is 0 Å². The molecule has 1 atom stereocenters. The fourth-order valence-corrected chi connectivity index (χ4v) is 3.57. The van der Waals surface area contributed by atoms with Crippen molar-refractivity contribution in [2.24, 2.45) is 16.1 Å². The number of benzene rings is 1. The number of halogens is 3. The average Bonchev–Trinajstić information content (AvgIpc) is 3.32. The molecule has 1 saturated carbocycles. The van der Waals surface area contributed by atoms with Crippen molar-refractivity contribution in [2.75, 3.05) is 6.26 Å². The first-order valence-electron chi connectivity index (χ1n) is 7.35. The molecule has 1 fully saturated rings. The van der Waals surface area contributed by atoms with Crippen LogP contribution in [0.4, 0.5) is 13.2 Å². The molecule has 4 nitrogen and oxygen atoms in total. The third-order valence-electron chi connectivity index (χ3n) is 4.46. The molecule has 1 aromatic rings. The van der Waals surface area contributed by atoms with Gasteiger partial charge in [0.1, 0.15) is 11.3 Å². The summed E-state index contributed by atoms with van der Waals surface area (Å²) in [4.78, 5) is 12.3. The summed E-state index contributed by atoms with van der Waals surface area (Å²) >= 11 is 1.07. The highest BCUT2D eigenvalue weighted by Crippen LogP contribution is 2.50. The molecule has 1 unspecified atom stereocenters. The minimum atomic E-state index is -4.47. The molecule has 24 heavy (non-hydrogen) atoms. The van der Waals surface area contributed by atoms with Crippen molar-refractivity contribution < 1.29 is 23.1 Å². The van der Waals surface area contributed by atoms with Crippen molar-refractivity contribution in [3.05, 3.63) is 34.9 Å². The first-order valence-corrected chi connectivity index (χ1v) is 8.57. The van der Waals surface area contributed by atoms with E-state index >= 15 is 0 Å². The molecule has 1 aromatic carbocycles. The van der Waals surface area contributed by atoms with E-state index in [0.29, 0.717) is 0 Å². The Morgan fingerprint density at radius 1 is 1.38 bits per heavy atom. The Bertz CT molecular complexity index is 769. The van der Waals surface area contributed by atoms with Gasteiger partial charge in [-0.05, 0) is 50.1 Å². The lowest BCUT2D eigenvalue weighted by Crippen LogP contribution is -2.28. The van der Waals surface area contributed by atoms with Crippen molar-refractivity contribution in [3.63, 3.8) is 0 Å². The van der Waals surface area contributed by atoms with Gasteiger partial charge in [-0.1, -0.05) is 0 Å². The highest BCUT2D eigenvalue weighted by Gasteiger charge is 2.52. The van der Waals surface area contributed by atoms with Crippen LogP contribution in [-0.2, 0) is 11.0 Å². The maximum Gasteiger partial charge on any atom is 0.416 e. The van der Waals surface area contributed by atoms with E-state index in [2.05, 4.69) is 10.2 Å². The smallest absolute Gasteiger partial charge is 0.416 e. The number of thioether (sulfide) groups is 1. The van der Waals surface area contributed by atoms with Gasteiger partial charge in [0.2, 0.25) is 0 Å². The molecule has 1 N–H and O–H groups in total. The van der Waals surface area contributed by atoms with Crippen LogP contribution in [0.2, 0.25) is 0 Å². The van der Waals surface area contributed by atoms with Crippen molar-refractivity contribution in [1.82, 2.24) is 0 Å². The van der Waals surface area contributed by atoms with Gasteiger partial charge in [-0.25, -0.2) is 0 Å². The fraction of sp³-hybridized carbons (Fsp3) is 0.438. The third-order valence-corrected chi connectivity index (χ3v) is 5.24. The molecule has 1 aliphatic carbocycles. The predicted molar refractivity (Wildman–Crippen MR) is 83.8 cm³/mol. The van der Waals surface area contributed by atoms with Crippen LogP contribution in [0.15, 0.2) is 38.9 Å². The molecular formula is C16H15F3N2O2S. The van der Waals surface area contributed by atoms with Crippen LogP contribution >= 0.6 is 11.8 Å². The number of carbonyl (C=O) groups excluding carboxylic acids is 1. The predicted octanol–water partition coefficient (Wildman–Crippen LogP) is 4.86. The molecule has 1 amide bonds. The number of rotatable bonds is 3. The van der Waals surface area contributed by atoms with Crippen LogP contribution in [0.25, 0.3) is 5.76 Å². The largest absolute Gasteiger partial charge is 0.507 e. The average molecular weight is 356 g/mol. The van der Waals surface area contributed by atoms with Gasteiger partial charge in [-0.3, -0.25) is 4.79 Å². The van der Waals surface area contributed by atoms with E-state index in [1.54, 1.807) is 13.2 Å². The SMILES string of the molecule is CSc1cc(C(F)(F)F)ccc1C(O)=C1C(=O)N=NC1(C)C1CC1. The van der Waals surface area contributed by atoms with E-state index in [-0.39, 0.29) is 27.7 Å². The zero-order valence-electron chi connectivity index (χ0n) is 13.0. The molecule has 1 heterocycles. The monoisotopic (exact) mass is 356 g/mol. The number of hydrogen-bond donors (Lipinski definition) is 1.